The second-order valence-corrected chi connectivity index (χ2v) is 5.16. The molecule has 0 aliphatic rings. The van der Waals surface area contributed by atoms with Crippen LogP contribution < -0.4 is 10.1 Å². The zero-order valence-corrected chi connectivity index (χ0v) is 12.7. The van der Waals surface area contributed by atoms with Crippen molar-refractivity contribution in [3.63, 3.8) is 0 Å². The van der Waals surface area contributed by atoms with Crippen LogP contribution in [0.5, 0.6) is 5.75 Å². The van der Waals surface area contributed by atoms with Gasteiger partial charge in [-0.05, 0) is 55.3 Å². The molecule has 2 aromatic rings. The smallest absolute Gasteiger partial charge is 0.416 e. The highest BCUT2D eigenvalue weighted by atomic mass is 19.4. The highest BCUT2D eigenvalue weighted by Crippen LogP contribution is 2.31. The zero-order chi connectivity index (χ0) is 17.0. The molecule has 23 heavy (non-hydrogen) atoms. The number of hydrogen-bond donors (Lipinski definition) is 1. The predicted molar refractivity (Wildman–Crippen MR) is 81.5 cm³/mol. The van der Waals surface area contributed by atoms with Crippen molar-refractivity contribution >= 4 is 11.6 Å². The van der Waals surface area contributed by atoms with Crippen molar-refractivity contribution in [3.8, 4) is 5.75 Å². The Kier molecular flexibility index (Phi) is 4.93. The van der Waals surface area contributed by atoms with E-state index in [9.17, 15) is 18.0 Å². The fourth-order valence-electron chi connectivity index (χ4n) is 1.93. The van der Waals surface area contributed by atoms with E-state index in [4.69, 9.17) is 4.74 Å². The number of ether oxygens (including phenoxy) is 1. The van der Waals surface area contributed by atoms with Crippen molar-refractivity contribution in [1.29, 1.82) is 0 Å². The van der Waals surface area contributed by atoms with Gasteiger partial charge in [0.25, 0.3) is 5.91 Å². The molecular weight excluding hydrogens is 307 g/mol. The molecule has 0 saturated carbocycles. The number of benzene rings is 2. The van der Waals surface area contributed by atoms with Crippen LogP contribution in [0.1, 0.15) is 16.7 Å². The first-order valence-corrected chi connectivity index (χ1v) is 6.93. The Morgan fingerprint density at radius 3 is 2.48 bits per heavy atom. The third kappa shape index (κ3) is 4.74. The van der Waals surface area contributed by atoms with Gasteiger partial charge >= 0.3 is 6.18 Å². The first-order chi connectivity index (χ1) is 10.8. The highest BCUT2D eigenvalue weighted by molar-refractivity contribution is 5.92. The number of nitrogens with one attached hydrogen (secondary N) is 1. The van der Waals surface area contributed by atoms with Gasteiger partial charge in [0.15, 0.2) is 6.61 Å². The summed E-state index contributed by atoms with van der Waals surface area (Å²) >= 11 is 0. The molecule has 0 aliphatic carbocycles. The van der Waals surface area contributed by atoms with Crippen LogP contribution in [0.2, 0.25) is 0 Å². The summed E-state index contributed by atoms with van der Waals surface area (Å²) < 4.78 is 42.9. The number of halogens is 3. The van der Waals surface area contributed by atoms with E-state index in [0.29, 0.717) is 5.69 Å². The lowest BCUT2D eigenvalue weighted by Gasteiger charge is -2.11. The minimum Gasteiger partial charge on any atom is -0.484 e. The molecule has 0 bridgehead atoms. The molecule has 0 saturated heterocycles. The molecule has 0 spiro atoms. The van der Waals surface area contributed by atoms with Crippen LogP contribution in [0, 0.1) is 13.8 Å². The molecule has 0 aliphatic heterocycles. The van der Waals surface area contributed by atoms with E-state index in [1.165, 1.54) is 12.1 Å². The highest BCUT2D eigenvalue weighted by Gasteiger charge is 2.30. The monoisotopic (exact) mass is 323 g/mol. The van der Waals surface area contributed by atoms with Gasteiger partial charge in [-0.15, -0.1) is 0 Å². The average Bonchev–Trinajstić information content (AvgIpc) is 2.48. The second-order valence-electron chi connectivity index (χ2n) is 5.16. The lowest BCUT2D eigenvalue weighted by Crippen LogP contribution is -2.20. The normalized spacial score (nSPS) is 11.2. The first kappa shape index (κ1) is 16.9. The van der Waals surface area contributed by atoms with Gasteiger partial charge in [-0.1, -0.05) is 12.1 Å². The summed E-state index contributed by atoms with van der Waals surface area (Å²) in [5.74, 6) is -0.444. The number of anilines is 1. The van der Waals surface area contributed by atoms with Gasteiger partial charge in [0.2, 0.25) is 0 Å². The summed E-state index contributed by atoms with van der Waals surface area (Å²) in [5, 5.41) is 2.64. The van der Waals surface area contributed by atoms with Crippen molar-refractivity contribution in [2.75, 3.05) is 11.9 Å². The fourth-order valence-corrected chi connectivity index (χ4v) is 1.93. The molecule has 0 fully saturated rings. The third-order valence-corrected chi connectivity index (χ3v) is 3.32. The fraction of sp³-hybridized carbons (Fsp3) is 0.235. The topological polar surface area (TPSA) is 38.3 Å². The van der Waals surface area contributed by atoms with E-state index in [1.807, 2.05) is 26.0 Å². The molecule has 2 aromatic carbocycles. The minimum absolute atomic E-state index is 0.00457. The van der Waals surface area contributed by atoms with Crippen LogP contribution >= 0.6 is 0 Å². The van der Waals surface area contributed by atoms with Crippen LogP contribution in [0.25, 0.3) is 0 Å². The maximum Gasteiger partial charge on any atom is 0.416 e. The van der Waals surface area contributed by atoms with Gasteiger partial charge in [0.1, 0.15) is 5.75 Å². The Labute approximate surface area is 132 Å². The van der Waals surface area contributed by atoms with Crippen molar-refractivity contribution < 1.29 is 22.7 Å². The molecule has 1 amide bonds. The minimum atomic E-state index is -4.44. The molecule has 1 N–H and O–H groups in total. The summed E-state index contributed by atoms with van der Waals surface area (Å²) in [6, 6.07) is 9.86. The summed E-state index contributed by atoms with van der Waals surface area (Å²) in [7, 11) is 0. The molecular formula is C17H16F3NO2. The number of aryl methyl sites for hydroxylation is 2. The van der Waals surface area contributed by atoms with E-state index < -0.39 is 17.6 Å². The molecule has 122 valence electrons. The Hall–Kier alpha value is -2.50. The Morgan fingerprint density at radius 2 is 1.83 bits per heavy atom. The van der Waals surface area contributed by atoms with Gasteiger partial charge < -0.3 is 10.1 Å². The quantitative estimate of drug-likeness (QED) is 0.909. The Morgan fingerprint density at radius 1 is 1.09 bits per heavy atom. The SMILES string of the molecule is Cc1ccc(NC(=O)COc2cccc(C(F)(F)F)c2)cc1C. The van der Waals surface area contributed by atoms with Crippen LogP contribution in [-0.2, 0) is 11.0 Å². The summed E-state index contributed by atoms with van der Waals surface area (Å²) in [5.41, 5.74) is 1.93. The number of carbonyl (C=O) groups is 1. The summed E-state index contributed by atoms with van der Waals surface area (Å²) in [6.45, 7) is 3.51. The number of alkyl halides is 3. The van der Waals surface area contributed by atoms with Gasteiger partial charge in [-0.3, -0.25) is 4.79 Å². The number of rotatable bonds is 4. The van der Waals surface area contributed by atoms with Crippen LogP contribution in [-0.4, -0.2) is 12.5 Å². The van der Waals surface area contributed by atoms with E-state index in [2.05, 4.69) is 5.32 Å². The van der Waals surface area contributed by atoms with E-state index in [1.54, 1.807) is 6.07 Å². The molecule has 0 aromatic heterocycles. The van der Waals surface area contributed by atoms with Gasteiger partial charge in [0, 0.05) is 5.69 Å². The molecule has 3 nitrogen and oxygen atoms in total. The number of carbonyl (C=O) groups excluding carboxylic acids is 1. The van der Waals surface area contributed by atoms with E-state index >= 15 is 0 Å². The first-order valence-electron chi connectivity index (χ1n) is 6.93. The molecule has 0 heterocycles. The summed E-state index contributed by atoms with van der Waals surface area (Å²) in [6.07, 6.45) is -4.44. The van der Waals surface area contributed by atoms with Gasteiger partial charge in [-0.2, -0.15) is 13.2 Å². The Balaban J connectivity index is 1.95. The third-order valence-electron chi connectivity index (χ3n) is 3.32. The molecule has 2 rings (SSSR count). The average molecular weight is 323 g/mol. The molecule has 0 atom stereocenters. The van der Waals surface area contributed by atoms with Gasteiger partial charge in [0.05, 0.1) is 5.56 Å². The maximum absolute atomic E-state index is 12.6. The number of amides is 1. The lowest BCUT2D eigenvalue weighted by molar-refractivity contribution is -0.137. The number of hydrogen-bond acceptors (Lipinski definition) is 2. The van der Waals surface area contributed by atoms with Crippen molar-refractivity contribution in [3.05, 3.63) is 59.2 Å². The largest absolute Gasteiger partial charge is 0.484 e. The van der Waals surface area contributed by atoms with Crippen LogP contribution in [0.15, 0.2) is 42.5 Å². The van der Waals surface area contributed by atoms with Crippen molar-refractivity contribution in [1.82, 2.24) is 0 Å². The van der Waals surface area contributed by atoms with Gasteiger partial charge in [-0.25, -0.2) is 0 Å². The molecule has 0 radical (unpaired) electrons. The van der Waals surface area contributed by atoms with Crippen LogP contribution in [0.3, 0.4) is 0 Å². The van der Waals surface area contributed by atoms with E-state index in [-0.39, 0.29) is 12.4 Å². The predicted octanol–water partition coefficient (Wildman–Crippen LogP) is 4.34. The lowest BCUT2D eigenvalue weighted by atomic mass is 10.1. The Bertz CT molecular complexity index is 711. The maximum atomic E-state index is 12.6. The molecule has 0 unspecified atom stereocenters. The molecule has 6 heteroatoms. The van der Waals surface area contributed by atoms with Crippen molar-refractivity contribution in [2.45, 2.75) is 20.0 Å². The summed E-state index contributed by atoms with van der Waals surface area (Å²) in [4.78, 5) is 11.8. The van der Waals surface area contributed by atoms with Crippen molar-refractivity contribution in [2.24, 2.45) is 0 Å². The van der Waals surface area contributed by atoms with Crippen LogP contribution in [0.4, 0.5) is 18.9 Å². The van der Waals surface area contributed by atoms with E-state index in [0.717, 1.165) is 23.3 Å². The zero-order valence-electron chi connectivity index (χ0n) is 12.7. The standard InChI is InChI=1S/C17H16F3NO2/c1-11-6-7-14(8-12(11)2)21-16(22)10-23-15-5-3-4-13(9-15)17(18,19)20/h3-9H,10H2,1-2H3,(H,21,22). The second kappa shape index (κ2) is 6.73.